The third-order valence-electron chi connectivity index (χ3n) is 6.03. The minimum absolute atomic E-state index is 0.0212. The second-order valence-electron chi connectivity index (χ2n) is 7.85. The van der Waals surface area contributed by atoms with E-state index in [-0.39, 0.29) is 11.8 Å². The molecule has 3 heterocycles. The summed E-state index contributed by atoms with van der Waals surface area (Å²) in [6, 6.07) is 11.3. The van der Waals surface area contributed by atoms with Crippen LogP contribution in [0, 0.1) is 0 Å². The molecular weight excluding hydrogens is 386 g/mol. The molecular formula is C22H25N3O3S. The second-order valence-corrected chi connectivity index (χ2v) is 9.14. The van der Waals surface area contributed by atoms with Crippen LogP contribution in [-0.4, -0.2) is 47.7 Å². The van der Waals surface area contributed by atoms with Crippen molar-refractivity contribution in [1.29, 1.82) is 0 Å². The van der Waals surface area contributed by atoms with Crippen LogP contribution in [0.2, 0.25) is 0 Å². The summed E-state index contributed by atoms with van der Waals surface area (Å²) >= 11 is 0. The molecule has 152 valence electrons. The minimum atomic E-state index is -1.27. The Hall–Kier alpha value is -2.22. The van der Waals surface area contributed by atoms with Crippen molar-refractivity contribution < 1.29 is 13.7 Å². The molecule has 0 aromatic heterocycles. The highest BCUT2D eigenvalue weighted by molar-refractivity contribution is 7.83. The van der Waals surface area contributed by atoms with E-state index < -0.39 is 11.0 Å². The molecule has 2 aromatic rings. The lowest BCUT2D eigenvalue weighted by molar-refractivity contribution is 0.0941. The lowest BCUT2D eigenvalue weighted by Crippen LogP contribution is -2.37. The van der Waals surface area contributed by atoms with E-state index in [0.717, 1.165) is 47.2 Å². The van der Waals surface area contributed by atoms with Gasteiger partial charge in [0.25, 0.3) is 5.91 Å². The average Bonchev–Trinajstić information content (AvgIpc) is 2.76. The molecule has 3 aliphatic rings. The Morgan fingerprint density at radius 2 is 2.00 bits per heavy atom. The number of benzene rings is 2. The first-order valence-corrected chi connectivity index (χ1v) is 11.5. The molecule has 1 amide bonds. The Morgan fingerprint density at radius 3 is 2.86 bits per heavy atom. The maximum atomic E-state index is 12.8. The number of carbonyl (C=O) groups excluding carboxylic acids is 1. The zero-order valence-corrected chi connectivity index (χ0v) is 17.1. The third kappa shape index (κ3) is 3.58. The SMILES string of the molecule is O=C1NCC2c3cc(S(=O)NCCN4CCCCC4)ccc3Oc3cccc1c32. The van der Waals surface area contributed by atoms with E-state index in [1.165, 1.54) is 19.3 Å². The van der Waals surface area contributed by atoms with Crippen LogP contribution in [0.5, 0.6) is 11.5 Å². The molecule has 0 bridgehead atoms. The van der Waals surface area contributed by atoms with Crippen LogP contribution in [0.3, 0.4) is 0 Å². The number of hydrogen-bond donors (Lipinski definition) is 2. The maximum absolute atomic E-state index is 12.8. The summed E-state index contributed by atoms with van der Waals surface area (Å²) < 4.78 is 22.0. The zero-order valence-electron chi connectivity index (χ0n) is 16.3. The van der Waals surface area contributed by atoms with Gasteiger partial charge in [-0.3, -0.25) is 4.79 Å². The third-order valence-corrected chi connectivity index (χ3v) is 7.17. The summed E-state index contributed by atoms with van der Waals surface area (Å²) in [6.45, 7) is 4.43. The van der Waals surface area contributed by atoms with E-state index in [4.69, 9.17) is 4.74 Å². The second kappa shape index (κ2) is 7.89. The number of rotatable bonds is 5. The first-order chi connectivity index (χ1) is 14.2. The summed E-state index contributed by atoms with van der Waals surface area (Å²) in [5.74, 6) is 1.46. The molecule has 0 spiro atoms. The van der Waals surface area contributed by atoms with Gasteiger partial charge in [-0.05, 0) is 56.3 Å². The van der Waals surface area contributed by atoms with Crippen molar-refractivity contribution in [3.05, 3.63) is 53.1 Å². The van der Waals surface area contributed by atoms with Crippen molar-refractivity contribution in [1.82, 2.24) is 14.9 Å². The molecule has 3 aliphatic heterocycles. The Balaban J connectivity index is 1.34. The van der Waals surface area contributed by atoms with Crippen LogP contribution in [0.25, 0.3) is 0 Å². The van der Waals surface area contributed by atoms with Crippen molar-refractivity contribution in [3.63, 3.8) is 0 Å². The monoisotopic (exact) mass is 411 g/mol. The van der Waals surface area contributed by atoms with E-state index in [1.807, 2.05) is 36.4 Å². The van der Waals surface area contributed by atoms with E-state index in [2.05, 4.69) is 14.9 Å². The van der Waals surface area contributed by atoms with Crippen LogP contribution < -0.4 is 14.8 Å². The topological polar surface area (TPSA) is 70.7 Å². The lowest BCUT2D eigenvalue weighted by Gasteiger charge is -2.33. The number of ether oxygens (including phenoxy) is 1. The van der Waals surface area contributed by atoms with Gasteiger partial charge in [0.05, 0.1) is 4.90 Å². The summed E-state index contributed by atoms with van der Waals surface area (Å²) in [7, 11) is -1.27. The van der Waals surface area contributed by atoms with E-state index in [0.29, 0.717) is 18.7 Å². The Labute approximate surface area is 173 Å². The van der Waals surface area contributed by atoms with Crippen molar-refractivity contribution in [2.45, 2.75) is 30.1 Å². The molecule has 0 saturated carbocycles. The molecule has 2 aromatic carbocycles. The minimum Gasteiger partial charge on any atom is -0.457 e. The number of hydrogen-bond acceptors (Lipinski definition) is 4. The number of amides is 1. The fourth-order valence-corrected chi connectivity index (χ4v) is 5.41. The van der Waals surface area contributed by atoms with Crippen LogP contribution >= 0.6 is 0 Å². The Morgan fingerprint density at radius 1 is 1.14 bits per heavy atom. The predicted molar refractivity (Wildman–Crippen MR) is 112 cm³/mol. The number of nitrogens with zero attached hydrogens (tertiary/aromatic N) is 1. The molecule has 5 rings (SSSR count). The first kappa shape index (κ1) is 18.8. The standard InChI is InChI=1S/C22H25N3O3S/c26-22-16-5-4-6-20-21(16)18(14-23-22)17-13-15(7-8-19(17)28-20)29(27)24-9-12-25-10-2-1-3-11-25/h4-8,13,18,24H,1-3,9-12,14H2,(H,23,26). The molecule has 2 atom stereocenters. The van der Waals surface area contributed by atoms with E-state index in [1.54, 1.807) is 0 Å². The summed E-state index contributed by atoms with van der Waals surface area (Å²) in [6.07, 6.45) is 3.84. The van der Waals surface area contributed by atoms with Gasteiger partial charge in [0, 0.05) is 42.2 Å². The fraction of sp³-hybridized carbons (Fsp3) is 0.409. The first-order valence-electron chi connectivity index (χ1n) is 10.3. The summed E-state index contributed by atoms with van der Waals surface area (Å²) in [5.41, 5.74) is 2.58. The van der Waals surface area contributed by atoms with Gasteiger partial charge in [-0.25, -0.2) is 8.93 Å². The van der Waals surface area contributed by atoms with Gasteiger partial charge in [0.2, 0.25) is 0 Å². The Bertz CT molecular complexity index is 972. The molecule has 2 unspecified atom stereocenters. The highest BCUT2D eigenvalue weighted by Crippen LogP contribution is 2.47. The summed E-state index contributed by atoms with van der Waals surface area (Å²) in [5, 5.41) is 2.97. The zero-order chi connectivity index (χ0) is 19.8. The van der Waals surface area contributed by atoms with Crippen LogP contribution in [-0.2, 0) is 11.0 Å². The van der Waals surface area contributed by atoms with Crippen molar-refractivity contribution in [2.75, 3.05) is 32.7 Å². The molecule has 0 aliphatic carbocycles. The number of nitrogens with one attached hydrogen (secondary N) is 2. The smallest absolute Gasteiger partial charge is 0.251 e. The Kier molecular flexibility index (Phi) is 5.11. The van der Waals surface area contributed by atoms with Crippen LogP contribution in [0.4, 0.5) is 0 Å². The van der Waals surface area contributed by atoms with E-state index >= 15 is 0 Å². The molecule has 1 saturated heterocycles. The number of fused-ring (bicyclic) bond motifs is 2. The molecule has 1 fully saturated rings. The van der Waals surface area contributed by atoms with Gasteiger partial charge in [-0.1, -0.05) is 12.5 Å². The van der Waals surface area contributed by atoms with Gasteiger partial charge in [-0.15, -0.1) is 0 Å². The van der Waals surface area contributed by atoms with Crippen molar-refractivity contribution >= 4 is 16.9 Å². The fourth-order valence-electron chi connectivity index (χ4n) is 4.54. The van der Waals surface area contributed by atoms with Gasteiger partial charge < -0.3 is 15.0 Å². The molecule has 7 heteroatoms. The summed E-state index contributed by atoms with van der Waals surface area (Å²) in [4.78, 5) is 15.4. The molecule has 6 nitrogen and oxygen atoms in total. The predicted octanol–water partition coefficient (Wildman–Crippen LogP) is 2.77. The maximum Gasteiger partial charge on any atom is 0.251 e. The van der Waals surface area contributed by atoms with E-state index in [9.17, 15) is 9.00 Å². The number of likely N-dealkylation sites (tertiary alicyclic amines) is 1. The van der Waals surface area contributed by atoms with Crippen LogP contribution in [0.1, 0.15) is 46.7 Å². The van der Waals surface area contributed by atoms with Gasteiger partial charge in [-0.2, -0.15) is 0 Å². The van der Waals surface area contributed by atoms with Crippen LogP contribution in [0.15, 0.2) is 41.3 Å². The van der Waals surface area contributed by atoms with Gasteiger partial charge >= 0.3 is 0 Å². The molecule has 2 N–H and O–H groups in total. The number of piperidine rings is 1. The quantitative estimate of drug-likeness (QED) is 0.794. The van der Waals surface area contributed by atoms with Gasteiger partial charge in [0.15, 0.2) is 0 Å². The highest BCUT2D eigenvalue weighted by Gasteiger charge is 2.35. The largest absolute Gasteiger partial charge is 0.457 e. The van der Waals surface area contributed by atoms with Crippen molar-refractivity contribution in [2.24, 2.45) is 0 Å². The normalized spacial score (nSPS) is 21.5. The average molecular weight is 412 g/mol. The lowest BCUT2D eigenvalue weighted by atomic mass is 9.82. The van der Waals surface area contributed by atoms with Gasteiger partial charge in [0.1, 0.15) is 22.5 Å². The molecule has 0 radical (unpaired) electrons. The number of carbonyl (C=O) groups is 1. The molecule has 29 heavy (non-hydrogen) atoms. The van der Waals surface area contributed by atoms with Crippen molar-refractivity contribution in [3.8, 4) is 11.5 Å². The highest BCUT2D eigenvalue weighted by atomic mass is 32.2.